The van der Waals surface area contributed by atoms with Crippen LogP contribution in [0.5, 0.6) is 0 Å². The van der Waals surface area contributed by atoms with Crippen molar-refractivity contribution < 1.29 is 19.2 Å². The van der Waals surface area contributed by atoms with Crippen molar-refractivity contribution in [2.45, 2.75) is 19.3 Å². The quantitative estimate of drug-likeness (QED) is 0.407. The predicted octanol–water partition coefficient (Wildman–Crippen LogP) is 2.71. The van der Waals surface area contributed by atoms with E-state index >= 15 is 0 Å². The van der Waals surface area contributed by atoms with E-state index in [0.717, 1.165) is 5.56 Å². The molecule has 1 amide bonds. The lowest BCUT2D eigenvalue weighted by Crippen LogP contribution is -2.38. The number of rotatable bonds is 8. The van der Waals surface area contributed by atoms with E-state index in [1.165, 1.54) is 6.07 Å². The number of ether oxygens (including phenoxy) is 1. The van der Waals surface area contributed by atoms with Crippen molar-refractivity contribution in [2.24, 2.45) is 5.92 Å². The Morgan fingerprint density at radius 1 is 1.07 bits per heavy atom. The highest BCUT2D eigenvalue weighted by Gasteiger charge is 2.29. The van der Waals surface area contributed by atoms with E-state index in [2.05, 4.69) is 5.32 Å². The second-order valence-corrected chi connectivity index (χ2v) is 7.20. The number of carbonyl (C=O) groups excluding carboxylic acids is 2. The molecule has 158 valence electrons. The molecule has 0 aromatic heterocycles. The molecule has 30 heavy (non-hydrogen) atoms. The number of nitro groups is 1. The summed E-state index contributed by atoms with van der Waals surface area (Å²) in [6.07, 6.45) is 1.77. The summed E-state index contributed by atoms with van der Waals surface area (Å²) in [6.45, 7) is 1.23. The normalized spacial score (nSPS) is 14.2. The van der Waals surface area contributed by atoms with Gasteiger partial charge in [0.1, 0.15) is 5.69 Å². The van der Waals surface area contributed by atoms with Gasteiger partial charge in [-0.2, -0.15) is 0 Å². The minimum atomic E-state index is -0.397. The molecule has 1 fully saturated rings. The summed E-state index contributed by atoms with van der Waals surface area (Å²) in [7, 11) is 0. The van der Waals surface area contributed by atoms with Gasteiger partial charge in [0.15, 0.2) is 6.61 Å². The highest BCUT2D eigenvalue weighted by Crippen LogP contribution is 2.31. The lowest BCUT2D eigenvalue weighted by atomic mass is 9.96. The number of piperidine rings is 1. The van der Waals surface area contributed by atoms with Crippen LogP contribution in [-0.4, -0.2) is 43.0 Å². The van der Waals surface area contributed by atoms with E-state index in [0.29, 0.717) is 44.6 Å². The van der Waals surface area contributed by atoms with Crippen LogP contribution in [0.15, 0.2) is 54.6 Å². The number of amides is 1. The Kier molecular flexibility index (Phi) is 7.37. The van der Waals surface area contributed by atoms with Crippen LogP contribution in [0, 0.1) is 16.0 Å². The van der Waals surface area contributed by atoms with Gasteiger partial charge in [-0.1, -0.05) is 42.5 Å². The van der Waals surface area contributed by atoms with Gasteiger partial charge in [-0.05, 0) is 30.9 Å². The number of esters is 1. The summed E-state index contributed by atoms with van der Waals surface area (Å²) < 4.78 is 5.17. The maximum absolute atomic E-state index is 12.3. The average molecular weight is 411 g/mol. The van der Waals surface area contributed by atoms with E-state index in [-0.39, 0.29) is 24.1 Å². The molecule has 0 saturated carbocycles. The molecule has 1 heterocycles. The summed E-state index contributed by atoms with van der Waals surface area (Å²) in [5, 5.41) is 14.0. The molecule has 1 saturated heterocycles. The van der Waals surface area contributed by atoms with E-state index in [9.17, 15) is 19.7 Å². The molecule has 0 aliphatic carbocycles. The highest BCUT2D eigenvalue weighted by atomic mass is 16.6. The van der Waals surface area contributed by atoms with Gasteiger partial charge in [-0.3, -0.25) is 19.7 Å². The van der Waals surface area contributed by atoms with Crippen LogP contribution >= 0.6 is 0 Å². The van der Waals surface area contributed by atoms with Crippen molar-refractivity contribution in [2.75, 3.05) is 31.1 Å². The minimum Gasteiger partial charge on any atom is -0.455 e. The molecule has 1 aliphatic rings. The number of nitro benzene ring substituents is 1. The Morgan fingerprint density at radius 2 is 1.73 bits per heavy atom. The maximum atomic E-state index is 12.3. The van der Waals surface area contributed by atoms with E-state index in [1.54, 1.807) is 18.2 Å². The topological polar surface area (TPSA) is 102 Å². The smallest absolute Gasteiger partial charge is 0.309 e. The largest absolute Gasteiger partial charge is 0.455 e. The Morgan fingerprint density at radius 3 is 2.43 bits per heavy atom. The zero-order chi connectivity index (χ0) is 21.3. The van der Waals surface area contributed by atoms with Crippen LogP contribution in [0.4, 0.5) is 11.4 Å². The number of anilines is 1. The molecular formula is C22H25N3O5. The van der Waals surface area contributed by atoms with Crippen LogP contribution < -0.4 is 10.2 Å². The number of carbonyl (C=O) groups is 2. The van der Waals surface area contributed by atoms with Crippen molar-refractivity contribution in [3.05, 3.63) is 70.3 Å². The second-order valence-electron chi connectivity index (χ2n) is 7.20. The predicted molar refractivity (Wildman–Crippen MR) is 112 cm³/mol. The van der Waals surface area contributed by atoms with Crippen LogP contribution in [0.3, 0.4) is 0 Å². The molecule has 0 atom stereocenters. The lowest BCUT2D eigenvalue weighted by molar-refractivity contribution is -0.384. The standard InChI is InChI=1S/C22H25N3O5/c26-21(23-13-10-17-6-2-1-3-7-17)16-30-22(27)18-11-14-24(15-12-18)19-8-4-5-9-20(19)25(28)29/h1-9,18H,10-16H2,(H,23,26). The Labute approximate surface area is 175 Å². The number of hydrogen-bond donors (Lipinski definition) is 1. The van der Waals surface area contributed by atoms with Gasteiger partial charge in [0.05, 0.1) is 10.8 Å². The third kappa shape index (κ3) is 5.79. The third-order valence-corrected chi connectivity index (χ3v) is 5.17. The fourth-order valence-electron chi connectivity index (χ4n) is 3.54. The van der Waals surface area contributed by atoms with Crippen LogP contribution in [0.2, 0.25) is 0 Å². The summed E-state index contributed by atoms with van der Waals surface area (Å²) in [6, 6.07) is 16.4. The first-order valence-electron chi connectivity index (χ1n) is 10.00. The fourth-order valence-corrected chi connectivity index (χ4v) is 3.54. The SMILES string of the molecule is O=C(COC(=O)C1CCN(c2ccccc2[N+](=O)[O-])CC1)NCCc1ccccc1. The Hall–Kier alpha value is -3.42. The first-order valence-corrected chi connectivity index (χ1v) is 10.00. The van der Waals surface area contributed by atoms with Crippen LogP contribution in [0.25, 0.3) is 0 Å². The zero-order valence-corrected chi connectivity index (χ0v) is 16.7. The monoisotopic (exact) mass is 411 g/mol. The van der Waals surface area contributed by atoms with Crippen molar-refractivity contribution in [1.29, 1.82) is 0 Å². The molecule has 2 aromatic rings. The van der Waals surface area contributed by atoms with Crippen molar-refractivity contribution in [1.82, 2.24) is 5.32 Å². The van der Waals surface area contributed by atoms with Crippen molar-refractivity contribution >= 4 is 23.3 Å². The Balaban J connectivity index is 1.39. The van der Waals surface area contributed by atoms with Crippen molar-refractivity contribution in [3.8, 4) is 0 Å². The molecule has 0 radical (unpaired) electrons. The molecule has 8 nitrogen and oxygen atoms in total. The van der Waals surface area contributed by atoms with Gasteiger partial charge < -0.3 is 15.0 Å². The van der Waals surface area contributed by atoms with Gasteiger partial charge in [0.25, 0.3) is 11.6 Å². The van der Waals surface area contributed by atoms with Gasteiger partial charge in [-0.15, -0.1) is 0 Å². The average Bonchev–Trinajstić information content (AvgIpc) is 2.78. The Bertz CT molecular complexity index is 879. The molecule has 8 heteroatoms. The highest BCUT2D eigenvalue weighted by molar-refractivity contribution is 5.81. The minimum absolute atomic E-state index is 0.0608. The number of nitrogens with one attached hydrogen (secondary N) is 1. The number of hydrogen-bond acceptors (Lipinski definition) is 6. The number of nitrogens with zero attached hydrogens (tertiary/aromatic N) is 2. The van der Waals surface area contributed by atoms with E-state index < -0.39 is 10.9 Å². The molecule has 3 rings (SSSR count). The van der Waals surface area contributed by atoms with Crippen LogP contribution in [-0.2, 0) is 20.7 Å². The molecule has 1 aliphatic heterocycles. The van der Waals surface area contributed by atoms with Crippen molar-refractivity contribution in [3.63, 3.8) is 0 Å². The first kappa shape index (κ1) is 21.3. The molecular weight excluding hydrogens is 386 g/mol. The van der Waals surface area contributed by atoms with Gasteiger partial charge in [-0.25, -0.2) is 0 Å². The summed E-state index contributed by atoms with van der Waals surface area (Å²) in [5.41, 5.74) is 1.75. The fraction of sp³-hybridized carbons (Fsp3) is 0.364. The lowest BCUT2D eigenvalue weighted by Gasteiger charge is -2.32. The summed E-state index contributed by atoms with van der Waals surface area (Å²) >= 11 is 0. The summed E-state index contributed by atoms with van der Waals surface area (Å²) in [4.78, 5) is 36.9. The summed E-state index contributed by atoms with van der Waals surface area (Å²) in [5.74, 6) is -1.02. The maximum Gasteiger partial charge on any atom is 0.309 e. The molecule has 0 bridgehead atoms. The third-order valence-electron chi connectivity index (χ3n) is 5.17. The van der Waals surface area contributed by atoms with Gasteiger partial charge in [0, 0.05) is 25.7 Å². The number of benzene rings is 2. The number of para-hydroxylation sites is 2. The van der Waals surface area contributed by atoms with Gasteiger partial charge >= 0.3 is 5.97 Å². The first-order chi connectivity index (χ1) is 14.5. The van der Waals surface area contributed by atoms with Gasteiger partial charge in [0.2, 0.25) is 0 Å². The molecule has 2 aromatic carbocycles. The zero-order valence-electron chi connectivity index (χ0n) is 16.7. The molecule has 0 spiro atoms. The van der Waals surface area contributed by atoms with E-state index in [4.69, 9.17) is 4.74 Å². The van der Waals surface area contributed by atoms with E-state index in [1.807, 2.05) is 35.2 Å². The van der Waals surface area contributed by atoms with Crippen LogP contribution in [0.1, 0.15) is 18.4 Å². The second kappa shape index (κ2) is 10.4. The molecule has 0 unspecified atom stereocenters. The molecule has 1 N–H and O–H groups in total.